The number of halogens is 1. The van der Waals surface area contributed by atoms with Crippen molar-refractivity contribution >= 4 is 22.9 Å². The van der Waals surface area contributed by atoms with E-state index in [0.717, 1.165) is 4.88 Å². The SMILES string of the molecule is Cc1cn(Cc2ccc(Cl)s2)c(=O)[nH]c1=O. The van der Waals surface area contributed by atoms with E-state index in [1.54, 1.807) is 19.2 Å². The largest absolute Gasteiger partial charge is 0.328 e. The minimum Gasteiger partial charge on any atom is -0.295 e. The Morgan fingerprint density at radius 1 is 1.44 bits per heavy atom. The number of rotatable bonds is 2. The second-order valence-corrected chi connectivity index (χ2v) is 5.20. The molecule has 2 heterocycles. The molecule has 0 aliphatic rings. The molecular weight excluding hydrogens is 248 g/mol. The predicted molar refractivity (Wildman–Crippen MR) is 64.5 cm³/mol. The maximum absolute atomic E-state index is 11.5. The van der Waals surface area contributed by atoms with Crippen molar-refractivity contribution in [2.45, 2.75) is 13.5 Å². The fourth-order valence-electron chi connectivity index (χ4n) is 1.34. The minimum atomic E-state index is -0.403. The van der Waals surface area contributed by atoms with Crippen LogP contribution in [0.1, 0.15) is 10.4 Å². The summed E-state index contributed by atoms with van der Waals surface area (Å²) < 4.78 is 2.14. The molecule has 16 heavy (non-hydrogen) atoms. The highest BCUT2D eigenvalue weighted by molar-refractivity contribution is 7.16. The van der Waals surface area contributed by atoms with Crippen LogP contribution in [0.3, 0.4) is 0 Å². The lowest BCUT2D eigenvalue weighted by Crippen LogP contribution is -2.30. The highest BCUT2D eigenvalue weighted by atomic mass is 35.5. The molecule has 0 unspecified atom stereocenters. The Morgan fingerprint density at radius 3 is 2.81 bits per heavy atom. The number of hydrogen-bond donors (Lipinski definition) is 1. The summed E-state index contributed by atoms with van der Waals surface area (Å²) in [5.74, 6) is 0. The van der Waals surface area contributed by atoms with Gasteiger partial charge >= 0.3 is 5.69 Å². The van der Waals surface area contributed by atoms with Crippen molar-refractivity contribution in [1.82, 2.24) is 9.55 Å². The summed E-state index contributed by atoms with van der Waals surface area (Å²) in [6.07, 6.45) is 1.55. The number of nitrogens with zero attached hydrogens (tertiary/aromatic N) is 1. The summed E-state index contributed by atoms with van der Waals surface area (Å²) in [5, 5.41) is 0. The molecule has 2 aromatic heterocycles. The molecule has 2 aromatic rings. The zero-order valence-electron chi connectivity index (χ0n) is 8.49. The normalized spacial score (nSPS) is 10.6. The molecule has 0 amide bonds. The van der Waals surface area contributed by atoms with E-state index in [1.165, 1.54) is 15.9 Å². The average Bonchev–Trinajstić information content (AvgIpc) is 2.60. The van der Waals surface area contributed by atoms with Crippen LogP contribution in [-0.2, 0) is 6.54 Å². The molecule has 0 saturated carbocycles. The van der Waals surface area contributed by atoms with Crippen molar-refractivity contribution < 1.29 is 0 Å². The van der Waals surface area contributed by atoms with Gasteiger partial charge in [-0.25, -0.2) is 4.79 Å². The van der Waals surface area contributed by atoms with Gasteiger partial charge in [-0.05, 0) is 19.1 Å². The van der Waals surface area contributed by atoms with Crippen LogP contribution >= 0.6 is 22.9 Å². The molecule has 0 aliphatic heterocycles. The highest BCUT2D eigenvalue weighted by Crippen LogP contribution is 2.21. The average molecular weight is 257 g/mol. The Labute approximate surface area is 100 Å². The van der Waals surface area contributed by atoms with Gasteiger partial charge in [0.25, 0.3) is 5.56 Å². The van der Waals surface area contributed by atoms with E-state index in [2.05, 4.69) is 4.98 Å². The molecule has 0 radical (unpaired) electrons. The van der Waals surface area contributed by atoms with Crippen LogP contribution < -0.4 is 11.2 Å². The number of nitrogens with one attached hydrogen (secondary N) is 1. The molecule has 0 aliphatic carbocycles. The van der Waals surface area contributed by atoms with Crippen molar-refractivity contribution in [1.29, 1.82) is 0 Å². The molecular formula is C10H9ClN2O2S. The zero-order valence-corrected chi connectivity index (χ0v) is 10.1. The molecule has 0 fully saturated rings. The fourth-order valence-corrected chi connectivity index (χ4v) is 2.43. The maximum Gasteiger partial charge on any atom is 0.328 e. The Kier molecular flexibility index (Phi) is 2.98. The number of aromatic nitrogens is 2. The second kappa shape index (κ2) is 4.27. The summed E-state index contributed by atoms with van der Waals surface area (Å²) in [6.45, 7) is 2.09. The van der Waals surface area contributed by atoms with Gasteiger partial charge in [-0.2, -0.15) is 0 Å². The predicted octanol–water partition coefficient (Wildman–Crippen LogP) is 1.61. The number of H-pyrrole nitrogens is 1. The third-order valence-electron chi connectivity index (χ3n) is 2.14. The minimum absolute atomic E-state index is 0.342. The van der Waals surface area contributed by atoms with Crippen LogP contribution in [0.5, 0.6) is 0 Å². The van der Waals surface area contributed by atoms with Crippen molar-refractivity contribution in [3.8, 4) is 0 Å². The highest BCUT2D eigenvalue weighted by Gasteiger charge is 2.03. The van der Waals surface area contributed by atoms with Gasteiger partial charge in [0.2, 0.25) is 0 Å². The van der Waals surface area contributed by atoms with Gasteiger partial charge in [0.1, 0.15) is 0 Å². The standard InChI is InChI=1S/C10H9ClN2O2S/c1-6-4-13(10(15)12-9(6)14)5-7-2-3-8(11)16-7/h2-4H,5H2,1H3,(H,12,14,15). The van der Waals surface area contributed by atoms with Gasteiger partial charge in [0.05, 0.1) is 10.9 Å². The first kappa shape index (κ1) is 11.2. The van der Waals surface area contributed by atoms with E-state index in [9.17, 15) is 9.59 Å². The van der Waals surface area contributed by atoms with E-state index in [4.69, 9.17) is 11.6 Å². The smallest absolute Gasteiger partial charge is 0.295 e. The molecule has 0 atom stereocenters. The van der Waals surface area contributed by atoms with Gasteiger partial charge in [-0.1, -0.05) is 11.6 Å². The number of aromatic amines is 1. The van der Waals surface area contributed by atoms with E-state index in [1.807, 2.05) is 6.07 Å². The van der Waals surface area contributed by atoms with Crippen molar-refractivity contribution in [3.05, 3.63) is 53.9 Å². The maximum atomic E-state index is 11.5. The summed E-state index contributed by atoms with van der Waals surface area (Å²) >= 11 is 7.21. The lowest BCUT2D eigenvalue weighted by Gasteiger charge is -2.03. The summed E-state index contributed by atoms with van der Waals surface area (Å²) in [4.78, 5) is 25.9. The lowest BCUT2D eigenvalue weighted by molar-refractivity contribution is 0.721. The van der Waals surface area contributed by atoms with Crippen LogP contribution in [-0.4, -0.2) is 9.55 Å². The van der Waals surface area contributed by atoms with Crippen molar-refractivity contribution in [3.63, 3.8) is 0 Å². The van der Waals surface area contributed by atoms with Gasteiger partial charge < -0.3 is 0 Å². The van der Waals surface area contributed by atoms with E-state index in [-0.39, 0.29) is 5.56 Å². The number of aryl methyl sites for hydroxylation is 1. The first-order chi connectivity index (χ1) is 7.56. The molecule has 6 heteroatoms. The van der Waals surface area contributed by atoms with Crippen LogP contribution in [0.4, 0.5) is 0 Å². The Morgan fingerprint density at radius 2 is 2.19 bits per heavy atom. The second-order valence-electron chi connectivity index (χ2n) is 3.41. The van der Waals surface area contributed by atoms with E-state index >= 15 is 0 Å². The molecule has 1 N–H and O–H groups in total. The summed E-state index contributed by atoms with van der Waals surface area (Å²) in [6, 6.07) is 3.64. The summed E-state index contributed by atoms with van der Waals surface area (Å²) in [7, 11) is 0. The van der Waals surface area contributed by atoms with Crippen molar-refractivity contribution in [2.75, 3.05) is 0 Å². The van der Waals surface area contributed by atoms with E-state index in [0.29, 0.717) is 16.4 Å². The third-order valence-corrected chi connectivity index (χ3v) is 3.36. The molecule has 0 spiro atoms. The van der Waals surface area contributed by atoms with Crippen LogP contribution in [0, 0.1) is 6.92 Å². The number of thiophene rings is 1. The number of hydrogen-bond acceptors (Lipinski definition) is 3. The first-order valence-corrected chi connectivity index (χ1v) is 5.80. The van der Waals surface area contributed by atoms with Gasteiger partial charge in [-0.15, -0.1) is 11.3 Å². The monoisotopic (exact) mass is 256 g/mol. The fraction of sp³-hybridized carbons (Fsp3) is 0.200. The van der Waals surface area contributed by atoms with Gasteiger partial charge in [0.15, 0.2) is 0 Å². The topological polar surface area (TPSA) is 54.9 Å². The first-order valence-electron chi connectivity index (χ1n) is 4.61. The Bertz CT molecular complexity index is 626. The van der Waals surface area contributed by atoms with E-state index < -0.39 is 5.69 Å². The molecule has 0 saturated heterocycles. The molecule has 0 aromatic carbocycles. The Hall–Kier alpha value is -1.33. The molecule has 0 bridgehead atoms. The van der Waals surface area contributed by atoms with Gasteiger partial charge in [-0.3, -0.25) is 14.3 Å². The quantitative estimate of drug-likeness (QED) is 0.888. The molecule has 84 valence electrons. The van der Waals surface area contributed by atoms with Crippen LogP contribution in [0.15, 0.2) is 27.9 Å². The Balaban J connectivity index is 2.39. The van der Waals surface area contributed by atoms with Gasteiger partial charge in [0, 0.05) is 16.6 Å². The molecule has 2 rings (SSSR count). The van der Waals surface area contributed by atoms with Crippen LogP contribution in [0.2, 0.25) is 4.34 Å². The lowest BCUT2D eigenvalue weighted by atomic mass is 10.4. The zero-order chi connectivity index (χ0) is 11.7. The van der Waals surface area contributed by atoms with Crippen molar-refractivity contribution in [2.24, 2.45) is 0 Å². The molecule has 4 nitrogen and oxygen atoms in total. The van der Waals surface area contributed by atoms with Crippen LogP contribution in [0.25, 0.3) is 0 Å². The third kappa shape index (κ3) is 2.25. The summed E-state index contributed by atoms with van der Waals surface area (Å²) in [5.41, 5.74) is -0.229.